The zero-order valence-corrected chi connectivity index (χ0v) is 13.6. The Morgan fingerprint density at radius 2 is 2.15 bits per heavy atom. The molecule has 1 fully saturated rings. The van der Waals surface area contributed by atoms with Gasteiger partial charge in [0.15, 0.2) is 0 Å². The molecule has 2 atom stereocenters. The fraction of sp³-hybridized carbons (Fsp3) is 0.571. The van der Waals surface area contributed by atoms with Crippen molar-refractivity contribution in [2.24, 2.45) is 5.92 Å². The van der Waals surface area contributed by atoms with E-state index in [0.717, 1.165) is 25.2 Å². The lowest BCUT2D eigenvalue weighted by Crippen LogP contribution is -2.34. The Bertz CT molecular complexity index is 507. The number of nitro benzene ring substituents is 1. The highest BCUT2D eigenvalue weighted by Crippen LogP contribution is 2.30. The molecule has 0 saturated carbocycles. The van der Waals surface area contributed by atoms with E-state index >= 15 is 0 Å². The number of likely N-dealkylation sites (N-methyl/N-ethyl adjacent to an activating group) is 1. The number of nitro groups is 1. The van der Waals surface area contributed by atoms with E-state index in [1.165, 1.54) is 6.07 Å². The highest BCUT2D eigenvalue weighted by Gasteiger charge is 2.31. The summed E-state index contributed by atoms with van der Waals surface area (Å²) in [5.74, 6) is 0.613. The molecule has 1 heterocycles. The molecule has 0 N–H and O–H groups in total. The quantitative estimate of drug-likeness (QED) is 0.624. The molecule has 1 saturated heterocycles. The lowest BCUT2D eigenvalue weighted by atomic mass is 10.1. The van der Waals surface area contributed by atoms with Crippen molar-refractivity contribution in [1.29, 1.82) is 0 Å². The van der Waals surface area contributed by atoms with Crippen molar-refractivity contribution in [1.82, 2.24) is 9.80 Å². The Hall–Kier alpha value is -0.980. The lowest BCUT2D eigenvalue weighted by Gasteiger charge is -2.22. The van der Waals surface area contributed by atoms with Crippen LogP contribution in [0.25, 0.3) is 0 Å². The van der Waals surface area contributed by atoms with Crippen LogP contribution in [0.5, 0.6) is 0 Å². The predicted octanol–water partition coefficient (Wildman–Crippen LogP) is 2.74. The highest BCUT2D eigenvalue weighted by molar-refractivity contribution is 9.10. The predicted molar refractivity (Wildman–Crippen MR) is 82.7 cm³/mol. The summed E-state index contributed by atoms with van der Waals surface area (Å²) < 4.78 is 0.603. The molecule has 20 heavy (non-hydrogen) atoms. The van der Waals surface area contributed by atoms with Crippen LogP contribution in [-0.2, 0) is 6.54 Å². The molecule has 1 aromatic carbocycles. The minimum Gasteiger partial charge on any atom is -0.305 e. The van der Waals surface area contributed by atoms with Crippen LogP contribution in [0.4, 0.5) is 5.69 Å². The molecule has 1 aromatic rings. The number of hydrogen-bond acceptors (Lipinski definition) is 4. The molecule has 110 valence electrons. The van der Waals surface area contributed by atoms with Gasteiger partial charge in [-0.05, 0) is 41.5 Å². The van der Waals surface area contributed by atoms with Crippen LogP contribution in [0.15, 0.2) is 22.7 Å². The summed E-state index contributed by atoms with van der Waals surface area (Å²) >= 11 is 3.37. The molecule has 1 aliphatic heterocycles. The van der Waals surface area contributed by atoms with Gasteiger partial charge in [-0.2, -0.15) is 0 Å². The van der Waals surface area contributed by atoms with Crippen LogP contribution < -0.4 is 0 Å². The van der Waals surface area contributed by atoms with Crippen molar-refractivity contribution in [3.63, 3.8) is 0 Å². The van der Waals surface area contributed by atoms with E-state index in [2.05, 4.69) is 46.7 Å². The zero-order valence-electron chi connectivity index (χ0n) is 12.0. The molecular formula is C14H20BrN3O2. The average molecular weight is 342 g/mol. The maximum Gasteiger partial charge on any atom is 0.283 e. The first-order chi connectivity index (χ1) is 9.40. The van der Waals surface area contributed by atoms with Gasteiger partial charge >= 0.3 is 0 Å². The summed E-state index contributed by atoms with van der Waals surface area (Å²) in [7, 11) is 4.21. The van der Waals surface area contributed by atoms with Crippen molar-refractivity contribution >= 4 is 21.6 Å². The van der Waals surface area contributed by atoms with E-state index < -0.39 is 0 Å². The largest absolute Gasteiger partial charge is 0.305 e. The second kappa shape index (κ2) is 6.20. The second-order valence-corrected chi connectivity index (χ2v) is 6.50. The fourth-order valence-corrected chi connectivity index (χ4v) is 3.45. The molecule has 0 radical (unpaired) electrons. The summed E-state index contributed by atoms with van der Waals surface area (Å²) in [5.41, 5.74) is 1.12. The van der Waals surface area contributed by atoms with Gasteiger partial charge in [0.25, 0.3) is 5.69 Å². The van der Waals surface area contributed by atoms with E-state index in [0.29, 0.717) is 16.4 Å². The summed E-state index contributed by atoms with van der Waals surface area (Å²) in [5, 5.41) is 11.0. The number of rotatable bonds is 4. The Balaban J connectivity index is 2.12. The third-order valence-corrected chi connectivity index (χ3v) is 4.88. The van der Waals surface area contributed by atoms with Crippen molar-refractivity contribution in [2.45, 2.75) is 19.5 Å². The first-order valence-corrected chi connectivity index (χ1v) is 7.50. The number of hydrogen-bond donors (Lipinski definition) is 0. The maximum atomic E-state index is 11.0. The maximum absolute atomic E-state index is 11.0. The second-order valence-electron chi connectivity index (χ2n) is 5.71. The average Bonchev–Trinajstić information content (AvgIpc) is 2.72. The van der Waals surface area contributed by atoms with Crippen molar-refractivity contribution in [3.8, 4) is 0 Å². The van der Waals surface area contributed by atoms with Gasteiger partial charge in [-0.3, -0.25) is 15.0 Å². The number of likely N-dealkylation sites (tertiary alicyclic amines) is 1. The van der Waals surface area contributed by atoms with Gasteiger partial charge in [0.05, 0.1) is 9.40 Å². The normalized spacial score (nSPS) is 23.4. The Kier molecular flexibility index (Phi) is 4.78. The number of nitrogens with zero attached hydrogens (tertiary/aromatic N) is 3. The molecule has 1 aliphatic rings. The smallest absolute Gasteiger partial charge is 0.283 e. The van der Waals surface area contributed by atoms with Crippen molar-refractivity contribution < 1.29 is 4.92 Å². The van der Waals surface area contributed by atoms with Crippen LogP contribution in [-0.4, -0.2) is 47.9 Å². The molecule has 0 bridgehead atoms. The Morgan fingerprint density at radius 3 is 2.70 bits per heavy atom. The van der Waals surface area contributed by atoms with Crippen LogP contribution in [0.3, 0.4) is 0 Å². The van der Waals surface area contributed by atoms with Crippen molar-refractivity contribution in [2.75, 3.05) is 27.2 Å². The Morgan fingerprint density at radius 1 is 1.45 bits per heavy atom. The molecule has 0 aliphatic carbocycles. The third kappa shape index (κ3) is 3.19. The van der Waals surface area contributed by atoms with Crippen LogP contribution in [0, 0.1) is 16.0 Å². The molecule has 0 amide bonds. The molecule has 0 spiro atoms. The lowest BCUT2D eigenvalue weighted by molar-refractivity contribution is -0.385. The number of halogens is 1. The zero-order chi connectivity index (χ0) is 14.9. The van der Waals surface area contributed by atoms with Gasteiger partial charge in [-0.25, -0.2) is 0 Å². The van der Waals surface area contributed by atoms with E-state index in [9.17, 15) is 10.1 Å². The topological polar surface area (TPSA) is 49.6 Å². The number of benzene rings is 1. The van der Waals surface area contributed by atoms with E-state index in [1.807, 2.05) is 6.07 Å². The van der Waals surface area contributed by atoms with Gasteiger partial charge < -0.3 is 4.90 Å². The van der Waals surface area contributed by atoms with E-state index in [4.69, 9.17) is 0 Å². The van der Waals surface area contributed by atoms with E-state index in [1.54, 1.807) is 6.07 Å². The summed E-state index contributed by atoms with van der Waals surface area (Å²) in [6, 6.07) is 5.78. The fourth-order valence-electron chi connectivity index (χ4n) is 2.92. The van der Waals surface area contributed by atoms with Gasteiger partial charge in [0.2, 0.25) is 0 Å². The Labute approximate surface area is 127 Å². The van der Waals surface area contributed by atoms with Gasteiger partial charge in [0.1, 0.15) is 0 Å². The first-order valence-electron chi connectivity index (χ1n) is 6.70. The van der Waals surface area contributed by atoms with Crippen LogP contribution >= 0.6 is 15.9 Å². The molecule has 2 unspecified atom stereocenters. The first kappa shape index (κ1) is 15.4. The summed E-state index contributed by atoms with van der Waals surface area (Å²) in [4.78, 5) is 15.2. The van der Waals surface area contributed by atoms with E-state index in [-0.39, 0.29) is 10.6 Å². The highest BCUT2D eigenvalue weighted by atomic mass is 79.9. The van der Waals surface area contributed by atoms with Gasteiger partial charge in [-0.1, -0.05) is 19.1 Å². The molecule has 0 aromatic heterocycles. The molecule has 2 rings (SSSR count). The monoisotopic (exact) mass is 341 g/mol. The van der Waals surface area contributed by atoms with Crippen molar-refractivity contribution in [3.05, 3.63) is 38.3 Å². The van der Waals surface area contributed by atoms with Gasteiger partial charge in [-0.15, -0.1) is 0 Å². The minimum atomic E-state index is -0.344. The SMILES string of the molecule is CC1CN(Cc2cccc([N+](=O)[O-])c2Br)CC1N(C)C. The minimum absolute atomic E-state index is 0.138. The third-order valence-electron chi connectivity index (χ3n) is 3.96. The molecule has 5 nitrogen and oxygen atoms in total. The van der Waals surface area contributed by atoms with Crippen LogP contribution in [0.1, 0.15) is 12.5 Å². The molecule has 6 heteroatoms. The summed E-state index contributed by atoms with van der Waals surface area (Å²) in [6.45, 7) is 5.03. The molecular weight excluding hydrogens is 322 g/mol. The van der Waals surface area contributed by atoms with Gasteiger partial charge in [0, 0.05) is 31.7 Å². The summed E-state index contributed by atoms with van der Waals surface area (Å²) in [6.07, 6.45) is 0. The van der Waals surface area contributed by atoms with Crippen LogP contribution in [0.2, 0.25) is 0 Å². The standard InChI is InChI=1S/C14H20BrN3O2/c1-10-7-17(9-13(10)16(2)3)8-11-5-4-6-12(14(11)15)18(19)20/h4-6,10,13H,7-9H2,1-3H3.